The van der Waals surface area contributed by atoms with E-state index >= 15 is 0 Å². The zero-order valence-corrected chi connectivity index (χ0v) is 25.4. The van der Waals surface area contributed by atoms with Crippen LogP contribution in [0, 0.1) is 0 Å². The second-order valence-electron chi connectivity index (χ2n) is 11.0. The first kappa shape index (κ1) is 29.1. The summed E-state index contributed by atoms with van der Waals surface area (Å²) in [5, 5.41) is 19.2. The number of carbonyl (C=O) groups is 1. The summed E-state index contributed by atoms with van der Waals surface area (Å²) in [5.41, 5.74) is 5.66. The highest BCUT2D eigenvalue weighted by atomic mass is 35.5. The first-order valence-corrected chi connectivity index (χ1v) is 15.2. The van der Waals surface area contributed by atoms with Crippen LogP contribution in [0.1, 0.15) is 22.3 Å². The van der Waals surface area contributed by atoms with Crippen molar-refractivity contribution in [2.45, 2.75) is 19.1 Å². The normalized spacial score (nSPS) is 15.0. The molecule has 224 valence electrons. The van der Waals surface area contributed by atoms with Crippen molar-refractivity contribution in [3.8, 4) is 11.1 Å². The zero-order chi connectivity index (χ0) is 30.9. The summed E-state index contributed by atoms with van der Waals surface area (Å²) in [4.78, 5) is 31.6. The minimum Gasteiger partial charge on any atom is -0.392 e. The fraction of sp³-hybridized carbons (Fsp3) is 0.147. The third-order valence-corrected chi connectivity index (χ3v) is 8.67. The molecule has 1 aliphatic heterocycles. The van der Waals surface area contributed by atoms with E-state index in [0.717, 1.165) is 58.8 Å². The Morgan fingerprint density at radius 1 is 0.822 bits per heavy atom. The predicted molar refractivity (Wildman–Crippen MR) is 179 cm³/mol. The quantitative estimate of drug-likeness (QED) is 0.147. The zero-order valence-electron chi connectivity index (χ0n) is 23.9. The molecule has 1 atom stereocenters. The monoisotopic (exact) mass is 635 g/mol. The molecule has 7 rings (SSSR count). The van der Waals surface area contributed by atoms with Gasteiger partial charge in [-0.3, -0.25) is 19.7 Å². The summed E-state index contributed by atoms with van der Waals surface area (Å²) in [6, 6.07) is 19.0. The van der Waals surface area contributed by atoms with Gasteiger partial charge in [0.25, 0.3) is 0 Å². The van der Waals surface area contributed by atoms with E-state index < -0.39 is 0 Å². The lowest BCUT2D eigenvalue weighted by molar-refractivity contribution is 0.112. The Balaban J connectivity index is 1.17. The molecular formula is C34H27Cl2N7O2. The maximum absolute atomic E-state index is 11.2. The molecule has 1 saturated heterocycles. The van der Waals surface area contributed by atoms with Crippen molar-refractivity contribution in [3.05, 3.63) is 107 Å². The second kappa shape index (κ2) is 12.4. The van der Waals surface area contributed by atoms with Crippen LogP contribution in [0.25, 0.3) is 32.9 Å². The molecular weight excluding hydrogens is 609 g/mol. The molecule has 2 aromatic carbocycles. The van der Waals surface area contributed by atoms with Gasteiger partial charge in [0.15, 0.2) is 17.9 Å². The maximum atomic E-state index is 11.2. The number of aldehydes is 1. The van der Waals surface area contributed by atoms with Gasteiger partial charge >= 0.3 is 0 Å². The highest BCUT2D eigenvalue weighted by molar-refractivity contribution is 6.39. The fourth-order valence-electron chi connectivity index (χ4n) is 5.66. The molecule has 45 heavy (non-hydrogen) atoms. The molecule has 0 saturated carbocycles. The van der Waals surface area contributed by atoms with Crippen LogP contribution in [-0.2, 0) is 6.54 Å². The van der Waals surface area contributed by atoms with E-state index in [1.54, 1.807) is 24.5 Å². The van der Waals surface area contributed by atoms with Gasteiger partial charge in [-0.05, 0) is 48.4 Å². The van der Waals surface area contributed by atoms with Crippen LogP contribution in [0.2, 0.25) is 10.0 Å². The van der Waals surface area contributed by atoms with Crippen LogP contribution < -0.4 is 10.6 Å². The van der Waals surface area contributed by atoms with Crippen molar-refractivity contribution >= 4 is 74.3 Å². The van der Waals surface area contributed by atoms with Crippen LogP contribution in [0.3, 0.4) is 0 Å². The molecule has 3 N–H and O–H groups in total. The topological polar surface area (TPSA) is 116 Å². The summed E-state index contributed by atoms with van der Waals surface area (Å²) in [6.07, 6.45) is 8.07. The Labute approximate surface area is 268 Å². The van der Waals surface area contributed by atoms with E-state index in [4.69, 9.17) is 28.2 Å². The Hall–Kier alpha value is -4.67. The molecule has 0 spiro atoms. The molecule has 1 unspecified atom stereocenters. The number of β-amino-alcohol motifs (C(OH)–C–C–N with tert-alkyl or cyclic N) is 1. The standard InChI is InChI=1S/C34H27Cl2N7O2/c35-29-25(26-4-2-6-28(30(26)36)42-34-32-23(8-11-38-34)14-21(19-44)16-40-32)3-1-5-27(29)41-33-31-22(7-10-37-33)13-20(15-39-31)17-43-12-9-24(45)18-43/h1-8,10-11,13-16,19,24,45H,9,12,17-18H2,(H,37,41)(H,38,42). The summed E-state index contributed by atoms with van der Waals surface area (Å²) >= 11 is 14.0. The number of likely N-dealkylation sites (tertiary alicyclic amines) is 1. The number of anilines is 4. The van der Waals surface area contributed by atoms with Crippen molar-refractivity contribution in [1.82, 2.24) is 24.8 Å². The number of aromatic nitrogens is 4. The van der Waals surface area contributed by atoms with Gasteiger partial charge in [-0.1, -0.05) is 47.5 Å². The number of halogens is 2. The van der Waals surface area contributed by atoms with E-state index in [9.17, 15) is 9.90 Å². The summed E-state index contributed by atoms with van der Waals surface area (Å²) in [6.45, 7) is 2.29. The SMILES string of the molecule is O=Cc1cnc2c(Nc3cccc(-c4cccc(Nc5nccc6cc(CN7CCC(O)C7)cnc56)c4Cl)c3Cl)nccc2c1. The van der Waals surface area contributed by atoms with Gasteiger partial charge in [0.05, 0.1) is 27.5 Å². The first-order chi connectivity index (χ1) is 22.0. The number of pyridine rings is 4. The number of rotatable bonds is 8. The smallest absolute Gasteiger partial charge is 0.156 e. The highest BCUT2D eigenvalue weighted by Crippen LogP contribution is 2.42. The van der Waals surface area contributed by atoms with Crippen molar-refractivity contribution in [2.75, 3.05) is 23.7 Å². The van der Waals surface area contributed by atoms with Crippen LogP contribution in [0.4, 0.5) is 23.0 Å². The summed E-state index contributed by atoms with van der Waals surface area (Å²) < 4.78 is 0. The number of benzene rings is 2. The van der Waals surface area contributed by atoms with Gasteiger partial charge in [0.1, 0.15) is 11.0 Å². The lowest BCUT2D eigenvalue weighted by atomic mass is 10.0. The molecule has 0 aliphatic carbocycles. The highest BCUT2D eigenvalue weighted by Gasteiger charge is 2.21. The summed E-state index contributed by atoms with van der Waals surface area (Å²) in [5.74, 6) is 1.10. The number of aliphatic hydroxyl groups is 1. The number of nitrogens with zero attached hydrogens (tertiary/aromatic N) is 5. The lowest BCUT2D eigenvalue weighted by Crippen LogP contribution is -2.21. The third kappa shape index (κ3) is 5.91. The maximum Gasteiger partial charge on any atom is 0.156 e. The van der Waals surface area contributed by atoms with Crippen LogP contribution >= 0.6 is 23.2 Å². The van der Waals surface area contributed by atoms with Crippen LogP contribution in [0.15, 0.2) is 85.5 Å². The second-order valence-corrected chi connectivity index (χ2v) is 11.7. The average molecular weight is 637 g/mol. The minimum absolute atomic E-state index is 0.259. The van der Waals surface area contributed by atoms with Crippen LogP contribution in [0.5, 0.6) is 0 Å². The Bertz CT molecular complexity index is 2070. The van der Waals surface area contributed by atoms with E-state index in [1.807, 2.05) is 48.7 Å². The van der Waals surface area contributed by atoms with Gasteiger partial charge in [-0.2, -0.15) is 0 Å². The van der Waals surface area contributed by atoms with E-state index in [1.165, 1.54) is 6.20 Å². The van der Waals surface area contributed by atoms with Gasteiger partial charge in [0, 0.05) is 71.9 Å². The Morgan fingerprint density at radius 3 is 2.00 bits per heavy atom. The molecule has 4 aromatic heterocycles. The number of nitrogens with one attached hydrogen (secondary N) is 2. The fourth-order valence-corrected chi connectivity index (χ4v) is 6.21. The molecule has 1 aliphatic rings. The molecule has 5 heterocycles. The van der Waals surface area contributed by atoms with Crippen LogP contribution in [-0.4, -0.2) is 55.4 Å². The number of aliphatic hydroxyl groups excluding tert-OH is 1. The molecule has 9 nitrogen and oxygen atoms in total. The van der Waals surface area contributed by atoms with Crippen molar-refractivity contribution in [2.24, 2.45) is 0 Å². The van der Waals surface area contributed by atoms with Gasteiger partial charge in [-0.15, -0.1) is 0 Å². The number of hydrogen-bond acceptors (Lipinski definition) is 9. The largest absolute Gasteiger partial charge is 0.392 e. The average Bonchev–Trinajstić information content (AvgIpc) is 3.47. The lowest BCUT2D eigenvalue weighted by Gasteiger charge is -2.17. The van der Waals surface area contributed by atoms with Gasteiger partial charge in [0.2, 0.25) is 0 Å². The summed E-state index contributed by atoms with van der Waals surface area (Å²) in [7, 11) is 0. The molecule has 6 aromatic rings. The molecule has 0 radical (unpaired) electrons. The van der Waals surface area contributed by atoms with Crippen molar-refractivity contribution in [3.63, 3.8) is 0 Å². The first-order valence-electron chi connectivity index (χ1n) is 14.4. The third-order valence-electron chi connectivity index (χ3n) is 7.86. The number of carbonyl (C=O) groups excluding carboxylic acids is 1. The molecule has 11 heteroatoms. The van der Waals surface area contributed by atoms with E-state index in [-0.39, 0.29) is 6.10 Å². The van der Waals surface area contributed by atoms with Crippen molar-refractivity contribution in [1.29, 1.82) is 0 Å². The van der Waals surface area contributed by atoms with Gasteiger partial charge < -0.3 is 15.7 Å². The minimum atomic E-state index is -0.259. The van der Waals surface area contributed by atoms with Crippen molar-refractivity contribution < 1.29 is 9.90 Å². The number of hydrogen-bond donors (Lipinski definition) is 3. The van der Waals surface area contributed by atoms with E-state index in [2.05, 4.69) is 36.6 Å². The Morgan fingerprint density at radius 2 is 1.42 bits per heavy atom. The van der Waals surface area contributed by atoms with E-state index in [0.29, 0.717) is 50.7 Å². The predicted octanol–water partition coefficient (Wildman–Crippen LogP) is 7.41. The van der Waals surface area contributed by atoms with Gasteiger partial charge in [-0.25, -0.2) is 9.97 Å². The molecule has 1 fully saturated rings. The Kier molecular flexibility index (Phi) is 7.99. The molecule has 0 amide bonds. The number of fused-ring (bicyclic) bond motifs is 2. The molecule has 0 bridgehead atoms.